The zero-order valence-corrected chi connectivity index (χ0v) is 30.8. The van der Waals surface area contributed by atoms with Crippen molar-refractivity contribution in [2.75, 3.05) is 0 Å². The van der Waals surface area contributed by atoms with Gasteiger partial charge in [0, 0.05) is 51.7 Å². The minimum Gasteiger partial charge on any atom is -0.308 e. The quantitative estimate of drug-likeness (QED) is 0.177. The molecule has 0 spiro atoms. The van der Waals surface area contributed by atoms with E-state index in [1.165, 1.54) is 38.6 Å². The molecule has 5 nitrogen and oxygen atoms in total. The van der Waals surface area contributed by atoms with Crippen LogP contribution in [-0.4, -0.2) is 24.1 Å². The number of rotatable bonds is 5. The Hall–Kier alpha value is -7.63. The number of fused-ring (bicyclic) bond motifs is 10. The van der Waals surface area contributed by atoms with Crippen molar-refractivity contribution in [1.82, 2.24) is 24.1 Å². The summed E-state index contributed by atoms with van der Waals surface area (Å²) in [6, 6.07) is 63.4. The summed E-state index contributed by atoms with van der Waals surface area (Å²) in [5.74, 6) is 0. The van der Waals surface area contributed by atoms with Crippen LogP contribution in [0.2, 0.25) is 0 Å². The van der Waals surface area contributed by atoms with Crippen molar-refractivity contribution < 1.29 is 0 Å². The topological polar surface area (TPSA) is 48.5 Å². The van der Waals surface area contributed by atoms with Crippen molar-refractivity contribution in [1.29, 1.82) is 0 Å². The molecule has 266 valence electrons. The minimum absolute atomic E-state index is 0.557. The number of para-hydroxylation sites is 1. The first kappa shape index (κ1) is 31.7. The lowest BCUT2D eigenvalue weighted by Crippen LogP contribution is -2.29. The third kappa shape index (κ3) is 4.42. The zero-order valence-electron chi connectivity index (χ0n) is 30.8. The van der Waals surface area contributed by atoms with E-state index < -0.39 is 5.41 Å². The summed E-state index contributed by atoms with van der Waals surface area (Å²) in [5, 5.41) is 3.50. The molecule has 11 aromatic rings. The zero-order chi connectivity index (χ0) is 37.5. The number of hydrogen-bond donors (Lipinski definition) is 0. The third-order valence-electron chi connectivity index (χ3n) is 12.0. The molecule has 1 aliphatic carbocycles. The number of pyridine rings is 3. The Morgan fingerprint density at radius 3 is 1.74 bits per heavy atom. The first-order valence-electron chi connectivity index (χ1n) is 19.3. The Kier molecular flexibility index (Phi) is 6.78. The van der Waals surface area contributed by atoms with E-state index in [9.17, 15) is 0 Å². The highest BCUT2D eigenvalue weighted by Crippen LogP contribution is 2.58. The van der Waals surface area contributed by atoms with Crippen LogP contribution in [0.3, 0.4) is 0 Å². The van der Waals surface area contributed by atoms with Crippen LogP contribution in [0, 0.1) is 0 Å². The molecule has 5 aromatic heterocycles. The van der Waals surface area contributed by atoms with E-state index in [1.54, 1.807) is 0 Å². The fraction of sp³-hybridized carbons (Fsp3) is 0.0192. The van der Waals surface area contributed by atoms with Gasteiger partial charge in [-0.15, -0.1) is 0 Å². The minimum atomic E-state index is -0.557. The van der Waals surface area contributed by atoms with E-state index in [0.717, 1.165) is 61.2 Å². The lowest BCUT2D eigenvalue weighted by molar-refractivity contribution is 0.739. The maximum absolute atomic E-state index is 5.49. The first-order chi connectivity index (χ1) is 28.3. The monoisotopic (exact) mass is 727 g/mol. The summed E-state index contributed by atoms with van der Waals surface area (Å²) in [4.78, 5) is 14.5. The summed E-state index contributed by atoms with van der Waals surface area (Å²) in [5.41, 5.74) is 16.5. The molecule has 0 unspecified atom stereocenters. The van der Waals surface area contributed by atoms with Crippen molar-refractivity contribution in [3.8, 4) is 33.6 Å². The molecule has 0 radical (unpaired) electrons. The summed E-state index contributed by atoms with van der Waals surface area (Å²) in [6.07, 6.45) is 7.69. The molecule has 12 rings (SSSR count). The van der Waals surface area contributed by atoms with Crippen LogP contribution in [0.25, 0.3) is 77.4 Å². The van der Waals surface area contributed by atoms with Gasteiger partial charge < -0.3 is 9.13 Å². The lowest BCUT2D eigenvalue weighted by Gasteiger charge is -2.32. The molecule has 0 saturated heterocycles. The van der Waals surface area contributed by atoms with Crippen molar-refractivity contribution in [3.63, 3.8) is 0 Å². The fourth-order valence-electron chi connectivity index (χ4n) is 9.62. The third-order valence-corrected chi connectivity index (χ3v) is 12.0. The van der Waals surface area contributed by atoms with Crippen LogP contribution in [0.5, 0.6) is 0 Å². The first-order valence-corrected chi connectivity index (χ1v) is 19.3. The van der Waals surface area contributed by atoms with E-state index in [-0.39, 0.29) is 0 Å². The van der Waals surface area contributed by atoms with Crippen LogP contribution in [0.15, 0.2) is 201 Å². The van der Waals surface area contributed by atoms with E-state index in [4.69, 9.17) is 4.98 Å². The van der Waals surface area contributed by atoms with Crippen molar-refractivity contribution in [2.45, 2.75) is 5.41 Å². The molecule has 0 fully saturated rings. The lowest BCUT2D eigenvalue weighted by atomic mass is 9.69. The van der Waals surface area contributed by atoms with Gasteiger partial charge in [0.15, 0.2) is 0 Å². The van der Waals surface area contributed by atoms with Gasteiger partial charge in [0.1, 0.15) is 0 Å². The SMILES string of the molecule is c1ccc(C2(c3ccccc3)c3ccccc3-c3c2ncc2c3c3ccccc3n2-c2ccc(-c3ccc(-n4c5ccncc5c5ncccc54)cc3)cc2)cc1. The molecule has 0 saturated carbocycles. The molecule has 0 N–H and O–H groups in total. The Morgan fingerprint density at radius 2 is 1.02 bits per heavy atom. The summed E-state index contributed by atoms with van der Waals surface area (Å²) in [6.45, 7) is 0. The van der Waals surface area contributed by atoms with Gasteiger partial charge >= 0.3 is 0 Å². The maximum Gasteiger partial charge on any atom is 0.0978 e. The fourth-order valence-corrected chi connectivity index (χ4v) is 9.62. The summed E-state index contributed by atoms with van der Waals surface area (Å²) < 4.78 is 4.64. The largest absolute Gasteiger partial charge is 0.308 e. The Balaban J connectivity index is 1.01. The highest BCUT2D eigenvalue weighted by atomic mass is 15.0. The van der Waals surface area contributed by atoms with Crippen molar-refractivity contribution in [3.05, 3.63) is 223 Å². The summed E-state index contributed by atoms with van der Waals surface area (Å²) >= 11 is 0. The number of benzene rings is 6. The number of nitrogens with zero attached hydrogens (tertiary/aromatic N) is 5. The Morgan fingerprint density at radius 1 is 0.421 bits per heavy atom. The molecule has 0 bridgehead atoms. The van der Waals surface area contributed by atoms with Crippen LogP contribution in [0.1, 0.15) is 22.4 Å². The molecule has 0 amide bonds. The standard InChI is InChI=1S/C52H33N5/c1-3-12-36(13-4-1)52(37-14-5-2-6-15-37)43-18-9-7-16-40(43)49-48-41-17-8-10-19-44(41)57(47(48)33-55-51(49)52)39-27-23-35(24-28-39)34-21-25-38(26-22-34)56-45-29-31-53-32-42(45)50-46(56)20-11-30-54-50/h1-33H. The van der Waals surface area contributed by atoms with Crippen LogP contribution >= 0.6 is 0 Å². The molecule has 0 atom stereocenters. The second kappa shape index (κ2) is 12.2. The Labute approximate surface area is 328 Å². The predicted octanol–water partition coefficient (Wildman–Crippen LogP) is 12.1. The second-order valence-electron chi connectivity index (χ2n) is 14.8. The molecule has 0 aliphatic heterocycles. The maximum atomic E-state index is 5.49. The number of aromatic nitrogens is 5. The normalized spacial score (nSPS) is 13.1. The van der Waals surface area contributed by atoms with E-state index in [1.807, 2.05) is 24.7 Å². The van der Waals surface area contributed by atoms with Gasteiger partial charge in [-0.2, -0.15) is 0 Å². The second-order valence-corrected chi connectivity index (χ2v) is 14.8. The average molecular weight is 728 g/mol. The highest BCUT2D eigenvalue weighted by molar-refractivity contribution is 6.17. The molecular formula is C52H33N5. The van der Waals surface area contributed by atoms with Gasteiger partial charge in [-0.25, -0.2) is 0 Å². The van der Waals surface area contributed by atoms with Crippen molar-refractivity contribution >= 4 is 43.7 Å². The molecule has 5 heterocycles. The van der Waals surface area contributed by atoms with Gasteiger partial charge in [-0.1, -0.05) is 127 Å². The Bertz CT molecular complexity index is 3230. The molecule has 1 aliphatic rings. The predicted molar refractivity (Wildman–Crippen MR) is 231 cm³/mol. The van der Waals surface area contributed by atoms with Gasteiger partial charge in [0.25, 0.3) is 0 Å². The van der Waals surface area contributed by atoms with E-state index in [0.29, 0.717) is 0 Å². The number of hydrogen-bond acceptors (Lipinski definition) is 3. The van der Waals surface area contributed by atoms with Gasteiger partial charge in [0.2, 0.25) is 0 Å². The van der Waals surface area contributed by atoms with E-state index >= 15 is 0 Å². The molecule has 6 aromatic carbocycles. The highest BCUT2D eigenvalue weighted by Gasteiger charge is 2.48. The van der Waals surface area contributed by atoms with Crippen LogP contribution in [0.4, 0.5) is 0 Å². The summed E-state index contributed by atoms with van der Waals surface area (Å²) in [7, 11) is 0. The van der Waals surface area contributed by atoms with Gasteiger partial charge in [-0.05, 0) is 81.9 Å². The average Bonchev–Trinajstić information content (AvgIpc) is 3.92. The van der Waals surface area contributed by atoms with E-state index in [2.05, 4.69) is 195 Å². The van der Waals surface area contributed by atoms with Gasteiger partial charge in [-0.3, -0.25) is 15.0 Å². The van der Waals surface area contributed by atoms with Gasteiger partial charge in [0.05, 0.1) is 44.9 Å². The van der Waals surface area contributed by atoms with Crippen LogP contribution in [-0.2, 0) is 5.41 Å². The smallest absolute Gasteiger partial charge is 0.0978 e. The molecule has 5 heteroatoms. The van der Waals surface area contributed by atoms with Crippen LogP contribution < -0.4 is 0 Å². The van der Waals surface area contributed by atoms with Crippen molar-refractivity contribution in [2.24, 2.45) is 0 Å². The molecule has 57 heavy (non-hydrogen) atoms. The molecular weight excluding hydrogens is 695 g/mol.